The van der Waals surface area contributed by atoms with Gasteiger partial charge in [0.15, 0.2) is 0 Å². The van der Waals surface area contributed by atoms with Crippen LogP contribution in [0, 0.1) is 11.3 Å². The van der Waals surface area contributed by atoms with E-state index in [2.05, 4.69) is 11.2 Å². The summed E-state index contributed by atoms with van der Waals surface area (Å²) in [5.41, 5.74) is 1.76. The largest absolute Gasteiger partial charge is 0.496 e. The van der Waals surface area contributed by atoms with Crippen LogP contribution in [0.25, 0.3) is 11.1 Å². The van der Waals surface area contributed by atoms with E-state index in [9.17, 15) is 4.79 Å². The lowest BCUT2D eigenvalue weighted by molar-refractivity contribution is -0.000381. The number of benzene rings is 1. The number of hydrogen-bond acceptors (Lipinski definition) is 5. The number of carbonyl (C=O) groups excluding carboxylic acids is 1. The Hall–Kier alpha value is -3.01. The minimum Gasteiger partial charge on any atom is -0.496 e. The van der Waals surface area contributed by atoms with Crippen LogP contribution in [0.2, 0.25) is 0 Å². The van der Waals surface area contributed by atoms with Gasteiger partial charge in [-0.1, -0.05) is 0 Å². The SMILES string of the molecule is COc1ccc(C#N)cc1-c1cnn(C2CN(C(=O)OC(C)(C)C)C2)c1. The molecule has 0 bridgehead atoms. The van der Waals surface area contributed by atoms with Crippen molar-refractivity contribution in [1.29, 1.82) is 5.26 Å². The van der Waals surface area contributed by atoms with Crippen LogP contribution >= 0.6 is 0 Å². The average Bonchev–Trinajstić information content (AvgIpc) is 3.00. The highest BCUT2D eigenvalue weighted by Crippen LogP contribution is 2.32. The average molecular weight is 354 g/mol. The minimum absolute atomic E-state index is 0.112. The second-order valence-corrected chi connectivity index (χ2v) is 7.28. The van der Waals surface area contributed by atoms with Gasteiger partial charge >= 0.3 is 6.09 Å². The molecule has 0 saturated carbocycles. The van der Waals surface area contributed by atoms with Gasteiger partial charge in [-0.25, -0.2) is 4.79 Å². The molecule has 136 valence electrons. The van der Waals surface area contributed by atoms with Crippen LogP contribution < -0.4 is 4.74 Å². The molecule has 1 aromatic carbocycles. The number of carbonyl (C=O) groups is 1. The van der Waals surface area contributed by atoms with E-state index < -0.39 is 5.60 Å². The highest BCUT2D eigenvalue weighted by atomic mass is 16.6. The number of nitrogens with zero attached hydrogens (tertiary/aromatic N) is 4. The fourth-order valence-electron chi connectivity index (χ4n) is 2.78. The maximum atomic E-state index is 12.0. The van der Waals surface area contributed by atoms with Crippen molar-refractivity contribution in [3.63, 3.8) is 0 Å². The number of ether oxygens (including phenoxy) is 2. The van der Waals surface area contributed by atoms with Gasteiger partial charge in [0.2, 0.25) is 0 Å². The fraction of sp³-hybridized carbons (Fsp3) is 0.421. The third kappa shape index (κ3) is 3.64. The summed E-state index contributed by atoms with van der Waals surface area (Å²) in [6, 6.07) is 7.53. The summed E-state index contributed by atoms with van der Waals surface area (Å²) in [5, 5.41) is 13.5. The van der Waals surface area contributed by atoms with Crippen molar-refractivity contribution in [3.8, 4) is 22.9 Å². The smallest absolute Gasteiger partial charge is 0.410 e. The van der Waals surface area contributed by atoms with E-state index in [1.807, 2.05) is 31.6 Å². The number of amides is 1. The van der Waals surface area contributed by atoms with Gasteiger partial charge in [0.1, 0.15) is 11.4 Å². The fourth-order valence-corrected chi connectivity index (χ4v) is 2.78. The lowest BCUT2D eigenvalue weighted by Crippen LogP contribution is -2.52. The molecule has 1 amide bonds. The number of rotatable bonds is 3. The molecule has 0 aliphatic carbocycles. The number of aromatic nitrogens is 2. The van der Waals surface area contributed by atoms with Gasteiger partial charge in [0.05, 0.1) is 31.0 Å². The number of hydrogen-bond donors (Lipinski definition) is 0. The summed E-state index contributed by atoms with van der Waals surface area (Å²) in [6.45, 7) is 6.68. The van der Waals surface area contributed by atoms with E-state index in [0.29, 0.717) is 24.4 Å². The van der Waals surface area contributed by atoms with E-state index in [0.717, 1.165) is 11.1 Å². The molecule has 3 rings (SSSR count). The molecule has 1 aromatic heterocycles. The molecule has 2 aromatic rings. The van der Waals surface area contributed by atoms with Crippen molar-refractivity contribution in [2.24, 2.45) is 0 Å². The minimum atomic E-state index is -0.497. The standard InChI is InChI=1S/C19H22N4O3/c1-19(2,3)26-18(24)22-11-15(12-22)23-10-14(9-21-23)16-7-13(8-20)5-6-17(16)25-4/h5-7,9-10,15H,11-12H2,1-4H3. The molecule has 1 aliphatic heterocycles. The predicted molar refractivity (Wildman–Crippen MR) is 95.8 cm³/mol. The van der Waals surface area contributed by atoms with Gasteiger partial charge < -0.3 is 14.4 Å². The summed E-state index contributed by atoms with van der Waals surface area (Å²) in [4.78, 5) is 13.7. The van der Waals surface area contributed by atoms with E-state index in [1.165, 1.54) is 0 Å². The van der Waals surface area contributed by atoms with Crippen molar-refractivity contribution in [3.05, 3.63) is 36.2 Å². The van der Waals surface area contributed by atoms with Crippen LogP contribution in [0.4, 0.5) is 4.79 Å². The molecule has 7 nitrogen and oxygen atoms in total. The summed E-state index contributed by atoms with van der Waals surface area (Å²) >= 11 is 0. The maximum Gasteiger partial charge on any atom is 0.410 e. The van der Waals surface area contributed by atoms with Crippen LogP contribution in [0.15, 0.2) is 30.6 Å². The lowest BCUT2D eigenvalue weighted by Gasteiger charge is -2.39. The Bertz CT molecular complexity index is 854. The Balaban J connectivity index is 1.71. The van der Waals surface area contributed by atoms with Gasteiger partial charge in [0.25, 0.3) is 0 Å². The summed E-state index contributed by atoms with van der Waals surface area (Å²) < 4.78 is 12.6. The number of nitriles is 1. The van der Waals surface area contributed by atoms with Crippen molar-refractivity contribution in [2.75, 3.05) is 20.2 Å². The molecule has 0 unspecified atom stereocenters. The summed E-state index contributed by atoms with van der Waals surface area (Å²) in [5.74, 6) is 0.688. The summed E-state index contributed by atoms with van der Waals surface area (Å²) in [6.07, 6.45) is 3.36. The molecule has 1 fully saturated rings. The first-order valence-electron chi connectivity index (χ1n) is 8.41. The molecule has 0 atom stereocenters. The molecule has 2 heterocycles. The second-order valence-electron chi connectivity index (χ2n) is 7.28. The molecule has 1 saturated heterocycles. The van der Waals surface area contributed by atoms with E-state index in [4.69, 9.17) is 14.7 Å². The van der Waals surface area contributed by atoms with E-state index in [-0.39, 0.29) is 12.1 Å². The van der Waals surface area contributed by atoms with Crippen molar-refractivity contribution in [2.45, 2.75) is 32.4 Å². The normalized spacial score (nSPS) is 14.5. The Morgan fingerprint density at radius 1 is 1.35 bits per heavy atom. The Morgan fingerprint density at radius 2 is 2.08 bits per heavy atom. The van der Waals surface area contributed by atoms with E-state index >= 15 is 0 Å². The quantitative estimate of drug-likeness (QED) is 0.845. The van der Waals surface area contributed by atoms with Crippen LogP contribution in [0.1, 0.15) is 32.4 Å². The first-order valence-corrected chi connectivity index (χ1v) is 8.41. The van der Waals surface area contributed by atoms with Crippen molar-refractivity contribution >= 4 is 6.09 Å². The molecule has 1 aliphatic rings. The van der Waals surface area contributed by atoms with Crippen LogP contribution in [0.5, 0.6) is 5.75 Å². The zero-order valence-corrected chi connectivity index (χ0v) is 15.4. The van der Waals surface area contributed by atoms with Gasteiger partial charge in [-0.2, -0.15) is 10.4 Å². The number of likely N-dealkylation sites (tertiary alicyclic amines) is 1. The van der Waals surface area contributed by atoms with Crippen molar-refractivity contribution in [1.82, 2.24) is 14.7 Å². The van der Waals surface area contributed by atoms with Gasteiger partial charge in [-0.15, -0.1) is 0 Å². The second kappa shape index (κ2) is 6.71. The molecule has 0 N–H and O–H groups in total. The first kappa shape index (κ1) is 17.8. The molecule has 0 spiro atoms. The third-order valence-electron chi connectivity index (χ3n) is 4.13. The first-order chi connectivity index (χ1) is 12.3. The zero-order valence-electron chi connectivity index (χ0n) is 15.4. The molecular weight excluding hydrogens is 332 g/mol. The topological polar surface area (TPSA) is 80.4 Å². The van der Waals surface area contributed by atoms with E-state index in [1.54, 1.807) is 36.4 Å². The third-order valence-corrected chi connectivity index (χ3v) is 4.13. The van der Waals surface area contributed by atoms with Crippen LogP contribution in [-0.2, 0) is 4.74 Å². The highest BCUT2D eigenvalue weighted by Gasteiger charge is 2.35. The summed E-state index contributed by atoms with van der Waals surface area (Å²) in [7, 11) is 1.60. The predicted octanol–water partition coefficient (Wildman–Crippen LogP) is 3.22. The van der Waals surface area contributed by atoms with Crippen LogP contribution in [0.3, 0.4) is 0 Å². The molecular formula is C19H22N4O3. The number of methoxy groups -OCH3 is 1. The molecule has 0 radical (unpaired) electrons. The van der Waals surface area contributed by atoms with Crippen LogP contribution in [-0.4, -0.2) is 46.6 Å². The van der Waals surface area contributed by atoms with Gasteiger partial charge in [-0.3, -0.25) is 4.68 Å². The Labute approximate surface area is 152 Å². The van der Waals surface area contributed by atoms with Crippen molar-refractivity contribution < 1.29 is 14.3 Å². The molecule has 7 heteroatoms. The molecule has 26 heavy (non-hydrogen) atoms. The highest BCUT2D eigenvalue weighted by molar-refractivity contribution is 5.71. The van der Waals surface area contributed by atoms with Gasteiger partial charge in [0, 0.05) is 30.4 Å². The monoisotopic (exact) mass is 354 g/mol. The zero-order chi connectivity index (χ0) is 18.9. The Morgan fingerprint density at radius 3 is 2.69 bits per heavy atom. The maximum absolute atomic E-state index is 12.0. The van der Waals surface area contributed by atoms with Gasteiger partial charge in [-0.05, 0) is 39.0 Å². The lowest BCUT2D eigenvalue weighted by atomic mass is 10.1. The Kier molecular flexibility index (Phi) is 4.60.